The molecule has 2 amide bonds. The number of nitrogens with zero attached hydrogens (tertiary/aromatic N) is 2. The van der Waals surface area contributed by atoms with Gasteiger partial charge in [0, 0.05) is 31.1 Å². The standard InChI is InChI=1S/C18H21ClN2O6/c1-26-15-3-2-12(19)7-14(15)21-9-11(6-16(21)22)18(25)20-4-5-27-13(10-20)8-17(23)24/h2-3,7,11,13H,4-6,8-10H2,1H3,(H,23,24)/t11-,13-/m1/s1. The Morgan fingerprint density at radius 2 is 2.15 bits per heavy atom. The molecular formula is C18H21ClN2O6. The molecule has 0 spiro atoms. The van der Waals surface area contributed by atoms with Crippen LogP contribution in [0.4, 0.5) is 5.69 Å². The molecule has 9 heteroatoms. The molecule has 0 saturated carbocycles. The molecule has 1 N–H and O–H groups in total. The smallest absolute Gasteiger partial charge is 0.306 e. The average molecular weight is 397 g/mol. The number of aliphatic carboxylic acids is 1. The van der Waals surface area contributed by atoms with Crippen molar-refractivity contribution >= 4 is 35.1 Å². The van der Waals surface area contributed by atoms with Crippen molar-refractivity contribution in [1.82, 2.24) is 4.90 Å². The van der Waals surface area contributed by atoms with E-state index in [1.54, 1.807) is 23.1 Å². The summed E-state index contributed by atoms with van der Waals surface area (Å²) in [6.45, 7) is 1.13. The first kappa shape index (κ1) is 19.4. The maximum atomic E-state index is 12.9. The van der Waals surface area contributed by atoms with Gasteiger partial charge in [-0.3, -0.25) is 14.4 Å². The third-order valence-electron chi connectivity index (χ3n) is 4.76. The van der Waals surface area contributed by atoms with E-state index in [0.717, 1.165) is 0 Å². The Balaban J connectivity index is 1.71. The zero-order chi connectivity index (χ0) is 19.6. The molecule has 3 rings (SSSR count). The van der Waals surface area contributed by atoms with E-state index in [1.807, 2.05) is 0 Å². The predicted molar refractivity (Wildman–Crippen MR) is 97.0 cm³/mol. The van der Waals surface area contributed by atoms with E-state index < -0.39 is 18.0 Å². The molecule has 2 aliphatic heterocycles. The molecular weight excluding hydrogens is 376 g/mol. The lowest BCUT2D eigenvalue weighted by Crippen LogP contribution is -2.48. The minimum Gasteiger partial charge on any atom is -0.495 e. The average Bonchev–Trinajstić information content (AvgIpc) is 3.02. The van der Waals surface area contributed by atoms with Crippen LogP contribution in [0.1, 0.15) is 12.8 Å². The number of benzene rings is 1. The molecule has 1 aromatic rings. The number of carbonyl (C=O) groups excluding carboxylic acids is 2. The second kappa shape index (κ2) is 8.14. The third kappa shape index (κ3) is 4.33. The Morgan fingerprint density at radius 3 is 2.85 bits per heavy atom. The minimum atomic E-state index is -0.968. The number of hydrogen-bond donors (Lipinski definition) is 1. The molecule has 2 fully saturated rings. The molecule has 2 atom stereocenters. The van der Waals surface area contributed by atoms with Crippen molar-refractivity contribution < 1.29 is 29.0 Å². The van der Waals surface area contributed by atoms with Gasteiger partial charge in [-0.1, -0.05) is 11.6 Å². The molecule has 2 heterocycles. The van der Waals surface area contributed by atoms with Crippen molar-refractivity contribution in [1.29, 1.82) is 0 Å². The number of anilines is 1. The number of carboxylic acid groups (broad SMARTS) is 1. The molecule has 0 bridgehead atoms. The largest absolute Gasteiger partial charge is 0.495 e. The molecule has 1 aromatic carbocycles. The summed E-state index contributed by atoms with van der Waals surface area (Å²) in [7, 11) is 1.51. The maximum Gasteiger partial charge on any atom is 0.306 e. The zero-order valence-electron chi connectivity index (χ0n) is 14.9. The Labute approximate surface area is 161 Å². The van der Waals surface area contributed by atoms with Crippen LogP contribution in [-0.2, 0) is 19.1 Å². The molecule has 8 nitrogen and oxygen atoms in total. The fourth-order valence-electron chi connectivity index (χ4n) is 3.48. The molecule has 0 radical (unpaired) electrons. The lowest BCUT2D eigenvalue weighted by atomic mass is 10.1. The number of amides is 2. The molecule has 0 aliphatic carbocycles. The van der Waals surface area contributed by atoms with Crippen molar-refractivity contribution in [2.45, 2.75) is 18.9 Å². The molecule has 0 aromatic heterocycles. The molecule has 0 unspecified atom stereocenters. The van der Waals surface area contributed by atoms with Gasteiger partial charge in [-0.05, 0) is 18.2 Å². The van der Waals surface area contributed by atoms with E-state index in [4.69, 9.17) is 26.2 Å². The van der Waals surface area contributed by atoms with Crippen molar-refractivity contribution in [3.05, 3.63) is 23.2 Å². The highest BCUT2D eigenvalue weighted by atomic mass is 35.5. The Hall–Kier alpha value is -2.32. The van der Waals surface area contributed by atoms with E-state index in [9.17, 15) is 14.4 Å². The van der Waals surface area contributed by atoms with Crippen LogP contribution in [0, 0.1) is 5.92 Å². The second-order valence-corrected chi connectivity index (χ2v) is 7.03. The van der Waals surface area contributed by atoms with Crippen LogP contribution < -0.4 is 9.64 Å². The number of rotatable bonds is 5. The Kier molecular flexibility index (Phi) is 5.86. The number of carbonyl (C=O) groups is 3. The molecule has 146 valence electrons. The first-order valence-electron chi connectivity index (χ1n) is 8.65. The van der Waals surface area contributed by atoms with Crippen LogP contribution in [-0.4, -0.2) is 67.2 Å². The van der Waals surface area contributed by atoms with Crippen LogP contribution in [0.2, 0.25) is 5.02 Å². The fourth-order valence-corrected chi connectivity index (χ4v) is 3.64. The summed E-state index contributed by atoms with van der Waals surface area (Å²) in [6, 6.07) is 4.99. The van der Waals surface area contributed by atoms with Crippen molar-refractivity contribution in [3.8, 4) is 5.75 Å². The lowest BCUT2D eigenvalue weighted by Gasteiger charge is -2.33. The van der Waals surface area contributed by atoms with Gasteiger partial charge in [0.1, 0.15) is 5.75 Å². The van der Waals surface area contributed by atoms with Crippen LogP contribution in [0.15, 0.2) is 18.2 Å². The highest BCUT2D eigenvalue weighted by Crippen LogP contribution is 2.35. The van der Waals surface area contributed by atoms with Crippen LogP contribution in [0.3, 0.4) is 0 Å². The normalized spacial score (nSPS) is 22.8. The number of carboxylic acids is 1. The molecule has 27 heavy (non-hydrogen) atoms. The van der Waals surface area contributed by atoms with Gasteiger partial charge >= 0.3 is 5.97 Å². The van der Waals surface area contributed by atoms with Crippen molar-refractivity contribution in [2.75, 3.05) is 38.3 Å². The van der Waals surface area contributed by atoms with Crippen molar-refractivity contribution in [3.63, 3.8) is 0 Å². The van der Waals surface area contributed by atoms with Gasteiger partial charge in [0.05, 0.1) is 37.8 Å². The number of hydrogen-bond acceptors (Lipinski definition) is 5. The van der Waals surface area contributed by atoms with E-state index in [0.29, 0.717) is 23.0 Å². The third-order valence-corrected chi connectivity index (χ3v) is 4.99. The number of halogens is 1. The topological polar surface area (TPSA) is 96.4 Å². The first-order valence-corrected chi connectivity index (χ1v) is 9.03. The minimum absolute atomic E-state index is 0.0927. The fraction of sp³-hybridized carbons (Fsp3) is 0.500. The quantitative estimate of drug-likeness (QED) is 0.808. The van der Waals surface area contributed by atoms with Crippen LogP contribution in [0.5, 0.6) is 5.75 Å². The first-order chi connectivity index (χ1) is 12.9. The summed E-state index contributed by atoms with van der Waals surface area (Å²) in [5.74, 6) is -1.29. The number of morpholine rings is 1. The molecule has 2 saturated heterocycles. The number of ether oxygens (including phenoxy) is 2. The van der Waals surface area contributed by atoms with Gasteiger partial charge in [-0.25, -0.2) is 0 Å². The van der Waals surface area contributed by atoms with Crippen LogP contribution in [0.25, 0.3) is 0 Å². The summed E-state index contributed by atoms with van der Waals surface area (Å²) in [6.07, 6.45) is -0.587. The second-order valence-electron chi connectivity index (χ2n) is 6.60. The van der Waals surface area contributed by atoms with Gasteiger partial charge in [-0.2, -0.15) is 0 Å². The summed E-state index contributed by atoms with van der Waals surface area (Å²) >= 11 is 6.05. The highest BCUT2D eigenvalue weighted by Gasteiger charge is 2.39. The SMILES string of the molecule is COc1ccc(Cl)cc1N1C[C@H](C(=O)N2CCO[C@H](CC(=O)O)C2)CC1=O. The Morgan fingerprint density at radius 1 is 1.37 bits per heavy atom. The van der Waals surface area contributed by atoms with E-state index in [1.165, 1.54) is 12.0 Å². The summed E-state index contributed by atoms with van der Waals surface area (Å²) < 4.78 is 10.7. The number of methoxy groups -OCH3 is 1. The van der Waals surface area contributed by atoms with Gasteiger partial charge in [0.2, 0.25) is 11.8 Å². The lowest BCUT2D eigenvalue weighted by molar-refractivity contribution is -0.149. The van der Waals surface area contributed by atoms with Gasteiger partial charge in [0.15, 0.2) is 0 Å². The van der Waals surface area contributed by atoms with E-state index in [-0.39, 0.29) is 44.4 Å². The van der Waals surface area contributed by atoms with Gasteiger partial charge < -0.3 is 24.4 Å². The van der Waals surface area contributed by atoms with Gasteiger partial charge in [-0.15, -0.1) is 0 Å². The van der Waals surface area contributed by atoms with Gasteiger partial charge in [0.25, 0.3) is 0 Å². The summed E-state index contributed by atoms with van der Waals surface area (Å²) in [5, 5.41) is 9.38. The summed E-state index contributed by atoms with van der Waals surface area (Å²) in [5.41, 5.74) is 0.538. The zero-order valence-corrected chi connectivity index (χ0v) is 15.6. The molecule has 2 aliphatic rings. The summed E-state index contributed by atoms with van der Waals surface area (Å²) in [4.78, 5) is 39.4. The predicted octanol–water partition coefficient (Wildman–Crippen LogP) is 1.40. The van der Waals surface area contributed by atoms with Crippen LogP contribution >= 0.6 is 11.6 Å². The highest BCUT2D eigenvalue weighted by molar-refractivity contribution is 6.31. The monoisotopic (exact) mass is 396 g/mol. The van der Waals surface area contributed by atoms with E-state index in [2.05, 4.69) is 0 Å². The maximum absolute atomic E-state index is 12.9. The van der Waals surface area contributed by atoms with E-state index >= 15 is 0 Å². The Bertz CT molecular complexity index is 755. The van der Waals surface area contributed by atoms with Crippen molar-refractivity contribution in [2.24, 2.45) is 5.92 Å².